The monoisotopic (exact) mass is 383 g/mol. The minimum atomic E-state index is 0.0353. The Hall–Kier alpha value is -2.37. The van der Waals surface area contributed by atoms with Crippen LogP contribution in [0.15, 0.2) is 59.4 Å². The summed E-state index contributed by atoms with van der Waals surface area (Å²) >= 11 is 7.92. The summed E-state index contributed by atoms with van der Waals surface area (Å²) in [7, 11) is 0. The van der Waals surface area contributed by atoms with Gasteiger partial charge in [0.2, 0.25) is 0 Å². The van der Waals surface area contributed by atoms with Crippen LogP contribution in [0.1, 0.15) is 10.4 Å². The molecule has 0 aliphatic carbocycles. The van der Waals surface area contributed by atoms with Crippen LogP contribution in [0.2, 0.25) is 5.02 Å². The van der Waals surface area contributed by atoms with E-state index in [0.29, 0.717) is 18.7 Å². The van der Waals surface area contributed by atoms with Crippen molar-refractivity contribution in [2.45, 2.75) is 0 Å². The van der Waals surface area contributed by atoms with Crippen molar-refractivity contribution in [2.24, 2.45) is 0 Å². The lowest BCUT2D eigenvalue weighted by molar-refractivity contribution is 0.0746. The molecule has 4 nitrogen and oxygen atoms in total. The number of para-hydroxylation sites is 1. The van der Waals surface area contributed by atoms with Crippen LogP contribution in [0, 0.1) is 0 Å². The predicted octanol–water partition coefficient (Wildman–Crippen LogP) is 4.43. The molecule has 4 rings (SSSR count). The third-order valence-electron chi connectivity index (χ3n) is 4.59. The lowest BCUT2D eigenvalue weighted by atomic mass is 10.1. The molecular formula is C20H18ClN3OS. The maximum Gasteiger partial charge on any atom is 0.255 e. The van der Waals surface area contributed by atoms with Gasteiger partial charge in [0.05, 0.1) is 22.0 Å². The van der Waals surface area contributed by atoms with Crippen molar-refractivity contribution in [3.63, 3.8) is 0 Å². The van der Waals surface area contributed by atoms with Crippen molar-refractivity contribution in [2.75, 3.05) is 31.1 Å². The average Bonchev–Trinajstić information content (AvgIpc) is 3.23. The van der Waals surface area contributed by atoms with Gasteiger partial charge in [-0.15, -0.1) is 0 Å². The topological polar surface area (TPSA) is 36.4 Å². The third kappa shape index (κ3) is 3.45. The number of hydrogen-bond acceptors (Lipinski definition) is 4. The van der Waals surface area contributed by atoms with Crippen molar-refractivity contribution in [3.05, 3.63) is 70.0 Å². The number of pyridine rings is 1. The number of amides is 1. The molecule has 3 heterocycles. The van der Waals surface area contributed by atoms with Crippen molar-refractivity contribution < 1.29 is 4.79 Å². The Kier molecular flexibility index (Phi) is 4.91. The van der Waals surface area contributed by atoms with E-state index in [1.54, 1.807) is 17.5 Å². The van der Waals surface area contributed by atoms with Crippen LogP contribution in [0.5, 0.6) is 0 Å². The van der Waals surface area contributed by atoms with E-state index >= 15 is 0 Å². The predicted molar refractivity (Wildman–Crippen MR) is 107 cm³/mol. The van der Waals surface area contributed by atoms with Gasteiger partial charge in [0.1, 0.15) is 0 Å². The van der Waals surface area contributed by atoms with Gasteiger partial charge in [-0.2, -0.15) is 11.3 Å². The van der Waals surface area contributed by atoms with E-state index in [1.165, 1.54) is 0 Å². The molecule has 26 heavy (non-hydrogen) atoms. The van der Waals surface area contributed by atoms with Gasteiger partial charge in [-0.25, -0.2) is 0 Å². The largest absolute Gasteiger partial charge is 0.367 e. The van der Waals surface area contributed by atoms with E-state index in [1.807, 2.05) is 52.7 Å². The Labute approximate surface area is 161 Å². The summed E-state index contributed by atoms with van der Waals surface area (Å²) < 4.78 is 0. The van der Waals surface area contributed by atoms with E-state index < -0.39 is 0 Å². The lowest BCUT2D eigenvalue weighted by Gasteiger charge is -2.36. The molecule has 1 aromatic carbocycles. The number of rotatable bonds is 3. The summed E-state index contributed by atoms with van der Waals surface area (Å²) in [6.45, 7) is 2.90. The van der Waals surface area contributed by atoms with Crippen LogP contribution in [-0.4, -0.2) is 42.0 Å². The van der Waals surface area contributed by atoms with Crippen molar-refractivity contribution >= 4 is 34.5 Å². The number of benzene rings is 1. The van der Waals surface area contributed by atoms with Crippen LogP contribution in [0.25, 0.3) is 11.3 Å². The summed E-state index contributed by atoms with van der Waals surface area (Å²) in [6.07, 6.45) is 1.68. The summed E-state index contributed by atoms with van der Waals surface area (Å²) in [6, 6.07) is 13.6. The number of anilines is 1. The average molecular weight is 384 g/mol. The van der Waals surface area contributed by atoms with Crippen LogP contribution in [0.4, 0.5) is 5.69 Å². The number of nitrogens with zero attached hydrogens (tertiary/aromatic N) is 3. The summed E-state index contributed by atoms with van der Waals surface area (Å²) in [5.41, 5.74) is 3.65. The highest BCUT2D eigenvalue weighted by Gasteiger charge is 2.23. The van der Waals surface area contributed by atoms with E-state index in [9.17, 15) is 4.79 Å². The van der Waals surface area contributed by atoms with Gasteiger partial charge in [-0.05, 0) is 35.7 Å². The summed E-state index contributed by atoms with van der Waals surface area (Å²) in [5, 5.41) is 4.83. The van der Waals surface area contributed by atoms with E-state index in [4.69, 9.17) is 11.6 Å². The molecule has 3 aromatic rings. The number of thiophene rings is 1. The van der Waals surface area contributed by atoms with Gasteiger partial charge in [-0.1, -0.05) is 23.7 Å². The summed E-state index contributed by atoms with van der Waals surface area (Å²) in [4.78, 5) is 21.3. The number of carbonyl (C=O) groups excluding carboxylic acids is 1. The van der Waals surface area contributed by atoms with Crippen LogP contribution < -0.4 is 4.90 Å². The van der Waals surface area contributed by atoms with Gasteiger partial charge < -0.3 is 9.80 Å². The first-order valence-corrected chi connectivity index (χ1v) is 9.82. The fourth-order valence-electron chi connectivity index (χ4n) is 3.14. The molecule has 0 unspecified atom stereocenters. The first kappa shape index (κ1) is 17.1. The van der Waals surface area contributed by atoms with Gasteiger partial charge in [0.15, 0.2) is 0 Å². The van der Waals surface area contributed by atoms with Crippen LogP contribution in [-0.2, 0) is 0 Å². The second kappa shape index (κ2) is 7.48. The fourth-order valence-corrected chi connectivity index (χ4v) is 4.05. The van der Waals surface area contributed by atoms with Crippen LogP contribution >= 0.6 is 22.9 Å². The second-order valence-corrected chi connectivity index (χ2v) is 7.36. The standard InChI is InChI=1S/C20H18ClN3OS/c21-17-3-1-2-4-19(17)23-8-10-24(11-9-23)20(25)15-5-6-18(22-13-15)16-7-12-26-14-16/h1-7,12-14H,8-11H2. The number of halogens is 1. The van der Waals surface area contributed by atoms with Crippen molar-refractivity contribution in [3.8, 4) is 11.3 Å². The molecule has 2 aromatic heterocycles. The highest BCUT2D eigenvalue weighted by Crippen LogP contribution is 2.26. The second-order valence-electron chi connectivity index (χ2n) is 6.17. The Morgan fingerprint density at radius 2 is 1.85 bits per heavy atom. The molecule has 1 amide bonds. The first-order chi connectivity index (χ1) is 12.7. The van der Waals surface area contributed by atoms with Gasteiger partial charge in [0.25, 0.3) is 5.91 Å². The molecule has 1 saturated heterocycles. The van der Waals surface area contributed by atoms with Crippen LogP contribution in [0.3, 0.4) is 0 Å². The Morgan fingerprint density at radius 3 is 2.50 bits per heavy atom. The highest BCUT2D eigenvalue weighted by molar-refractivity contribution is 7.08. The SMILES string of the molecule is O=C(c1ccc(-c2ccsc2)nc1)N1CCN(c2ccccc2Cl)CC1. The quantitative estimate of drug-likeness (QED) is 0.671. The molecule has 1 fully saturated rings. The highest BCUT2D eigenvalue weighted by atomic mass is 35.5. The molecule has 0 saturated carbocycles. The normalized spacial score (nSPS) is 14.5. The smallest absolute Gasteiger partial charge is 0.255 e. The lowest BCUT2D eigenvalue weighted by Crippen LogP contribution is -2.48. The maximum absolute atomic E-state index is 12.8. The third-order valence-corrected chi connectivity index (χ3v) is 5.59. The van der Waals surface area contributed by atoms with E-state index in [0.717, 1.165) is 35.1 Å². The van der Waals surface area contributed by atoms with Gasteiger partial charge >= 0.3 is 0 Å². The number of carbonyl (C=O) groups is 1. The Balaban J connectivity index is 1.41. The summed E-state index contributed by atoms with van der Waals surface area (Å²) in [5.74, 6) is 0.0353. The van der Waals surface area contributed by atoms with E-state index in [2.05, 4.69) is 15.3 Å². The number of aromatic nitrogens is 1. The minimum absolute atomic E-state index is 0.0353. The maximum atomic E-state index is 12.8. The molecule has 0 atom stereocenters. The zero-order valence-corrected chi connectivity index (χ0v) is 15.7. The molecule has 0 bridgehead atoms. The molecule has 6 heteroatoms. The molecular weight excluding hydrogens is 366 g/mol. The Morgan fingerprint density at radius 1 is 1.04 bits per heavy atom. The van der Waals surface area contributed by atoms with Crippen molar-refractivity contribution in [1.29, 1.82) is 0 Å². The first-order valence-electron chi connectivity index (χ1n) is 8.50. The van der Waals surface area contributed by atoms with E-state index in [-0.39, 0.29) is 5.91 Å². The molecule has 132 valence electrons. The Bertz CT molecular complexity index is 888. The molecule has 1 aliphatic heterocycles. The minimum Gasteiger partial charge on any atom is -0.367 e. The number of piperazine rings is 1. The van der Waals surface area contributed by atoms with Crippen molar-refractivity contribution in [1.82, 2.24) is 9.88 Å². The zero-order valence-electron chi connectivity index (χ0n) is 14.1. The number of hydrogen-bond donors (Lipinski definition) is 0. The van der Waals surface area contributed by atoms with Gasteiger partial charge in [-0.3, -0.25) is 9.78 Å². The molecule has 0 N–H and O–H groups in total. The molecule has 1 aliphatic rings. The fraction of sp³-hybridized carbons (Fsp3) is 0.200. The molecule has 0 radical (unpaired) electrons. The van der Waals surface area contributed by atoms with Gasteiger partial charge in [0, 0.05) is 43.3 Å². The zero-order chi connectivity index (χ0) is 17.9. The molecule has 0 spiro atoms.